The maximum atomic E-state index is 12.8. The highest BCUT2D eigenvalue weighted by Gasteiger charge is 2.33. The summed E-state index contributed by atoms with van der Waals surface area (Å²) in [5.74, 6) is 1.39. The number of ether oxygens (including phenoxy) is 2. The molecule has 0 N–H and O–H groups in total. The molecule has 1 amide bonds. The zero-order valence-corrected chi connectivity index (χ0v) is 15.5. The minimum Gasteiger partial charge on any atom is -0.497 e. The van der Waals surface area contributed by atoms with E-state index in [1.54, 1.807) is 12.0 Å². The maximum absolute atomic E-state index is 12.8. The van der Waals surface area contributed by atoms with Crippen LogP contribution in [0.1, 0.15) is 12.5 Å². The van der Waals surface area contributed by atoms with Crippen LogP contribution < -0.4 is 14.4 Å². The molecule has 3 rings (SSSR count). The predicted molar refractivity (Wildman–Crippen MR) is 106 cm³/mol. The van der Waals surface area contributed by atoms with Crippen LogP contribution in [-0.4, -0.2) is 23.9 Å². The van der Waals surface area contributed by atoms with Gasteiger partial charge in [0, 0.05) is 0 Å². The summed E-state index contributed by atoms with van der Waals surface area (Å²) in [5.41, 5.74) is 1.63. The van der Waals surface area contributed by atoms with Crippen LogP contribution in [0, 0.1) is 0 Å². The first-order valence-corrected chi connectivity index (χ1v) is 8.99. The van der Waals surface area contributed by atoms with Gasteiger partial charge in [-0.1, -0.05) is 36.1 Å². The first-order chi connectivity index (χ1) is 12.1. The minimum absolute atomic E-state index is 0.123. The van der Waals surface area contributed by atoms with Gasteiger partial charge in [-0.15, -0.1) is 0 Å². The largest absolute Gasteiger partial charge is 0.497 e. The number of nitrogens with zero attached hydrogens (tertiary/aromatic N) is 1. The summed E-state index contributed by atoms with van der Waals surface area (Å²) in [5, 5.41) is 0. The second-order valence-corrected chi connectivity index (χ2v) is 6.90. The lowest BCUT2D eigenvalue weighted by atomic mass is 10.2. The summed E-state index contributed by atoms with van der Waals surface area (Å²) in [6, 6.07) is 14.9. The molecule has 0 aliphatic carbocycles. The molecule has 0 radical (unpaired) electrons. The van der Waals surface area contributed by atoms with E-state index < -0.39 is 0 Å². The lowest BCUT2D eigenvalue weighted by molar-refractivity contribution is -0.113. The lowest BCUT2D eigenvalue weighted by Gasteiger charge is -2.15. The number of rotatable bonds is 5. The van der Waals surface area contributed by atoms with Gasteiger partial charge in [-0.3, -0.25) is 9.69 Å². The van der Waals surface area contributed by atoms with E-state index in [9.17, 15) is 4.79 Å². The fraction of sp³-hybridized carbons (Fsp3) is 0.158. The Kier molecular flexibility index (Phi) is 5.40. The second kappa shape index (κ2) is 7.72. The second-order valence-electron chi connectivity index (χ2n) is 5.22. The van der Waals surface area contributed by atoms with Gasteiger partial charge in [-0.05, 0) is 55.0 Å². The van der Waals surface area contributed by atoms with Gasteiger partial charge in [-0.25, -0.2) is 0 Å². The van der Waals surface area contributed by atoms with Crippen LogP contribution >= 0.6 is 24.0 Å². The molecule has 2 aromatic carbocycles. The molecular weight excluding hydrogens is 354 g/mol. The van der Waals surface area contributed by atoms with E-state index in [4.69, 9.17) is 21.7 Å². The van der Waals surface area contributed by atoms with Crippen molar-refractivity contribution in [2.24, 2.45) is 0 Å². The summed E-state index contributed by atoms with van der Waals surface area (Å²) in [4.78, 5) is 14.9. The quantitative estimate of drug-likeness (QED) is 0.572. The Balaban J connectivity index is 1.85. The third-order valence-electron chi connectivity index (χ3n) is 3.59. The van der Waals surface area contributed by atoms with Crippen LogP contribution in [0.2, 0.25) is 0 Å². The highest BCUT2D eigenvalue weighted by Crippen LogP contribution is 2.36. The predicted octanol–water partition coefficient (Wildman–Crippen LogP) is 4.50. The number of amides is 1. The van der Waals surface area contributed by atoms with Crippen LogP contribution in [-0.2, 0) is 4.79 Å². The van der Waals surface area contributed by atoms with Crippen molar-refractivity contribution < 1.29 is 14.3 Å². The molecule has 0 atom stereocenters. The highest BCUT2D eigenvalue weighted by molar-refractivity contribution is 8.27. The summed E-state index contributed by atoms with van der Waals surface area (Å²) < 4.78 is 11.2. The van der Waals surface area contributed by atoms with Crippen molar-refractivity contribution in [3.05, 3.63) is 59.0 Å². The first kappa shape index (κ1) is 17.5. The summed E-state index contributed by atoms with van der Waals surface area (Å²) >= 11 is 6.69. The van der Waals surface area contributed by atoms with Gasteiger partial charge in [-0.2, -0.15) is 0 Å². The molecule has 2 aromatic rings. The Labute approximate surface area is 156 Å². The maximum Gasteiger partial charge on any atom is 0.270 e. The monoisotopic (exact) mass is 371 g/mol. The molecule has 25 heavy (non-hydrogen) atoms. The average molecular weight is 371 g/mol. The van der Waals surface area contributed by atoms with E-state index in [0.717, 1.165) is 22.7 Å². The Bertz CT molecular complexity index is 831. The van der Waals surface area contributed by atoms with E-state index >= 15 is 0 Å². The van der Waals surface area contributed by atoms with Gasteiger partial charge in [0.2, 0.25) is 0 Å². The van der Waals surface area contributed by atoms with Crippen LogP contribution in [0.3, 0.4) is 0 Å². The van der Waals surface area contributed by atoms with E-state index in [2.05, 4.69) is 0 Å². The third kappa shape index (κ3) is 3.86. The van der Waals surface area contributed by atoms with E-state index in [-0.39, 0.29) is 5.91 Å². The number of anilines is 1. The fourth-order valence-corrected chi connectivity index (χ4v) is 3.73. The molecule has 6 heteroatoms. The Morgan fingerprint density at radius 2 is 1.92 bits per heavy atom. The number of benzene rings is 2. The third-order valence-corrected chi connectivity index (χ3v) is 4.89. The molecule has 0 bridgehead atoms. The van der Waals surface area contributed by atoms with Gasteiger partial charge in [0.25, 0.3) is 5.91 Å². The van der Waals surface area contributed by atoms with E-state index in [1.165, 1.54) is 11.8 Å². The van der Waals surface area contributed by atoms with Crippen LogP contribution in [0.4, 0.5) is 5.69 Å². The molecular formula is C19H17NO3S2. The Morgan fingerprint density at radius 1 is 1.16 bits per heavy atom. The number of carbonyl (C=O) groups excluding carboxylic acids is 1. The van der Waals surface area contributed by atoms with Gasteiger partial charge in [0.1, 0.15) is 11.5 Å². The van der Waals surface area contributed by atoms with Crippen molar-refractivity contribution in [3.8, 4) is 11.5 Å². The summed E-state index contributed by atoms with van der Waals surface area (Å²) in [6.07, 6.45) is 1.83. The van der Waals surface area contributed by atoms with Crippen LogP contribution in [0.15, 0.2) is 53.4 Å². The topological polar surface area (TPSA) is 38.8 Å². The van der Waals surface area contributed by atoms with Crippen LogP contribution in [0.25, 0.3) is 6.08 Å². The molecule has 0 aromatic heterocycles. The van der Waals surface area contributed by atoms with E-state index in [1.807, 2.05) is 61.5 Å². The van der Waals surface area contributed by atoms with Gasteiger partial charge < -0.3 is 9.47 Å². The smallest absolute Gasteiger partial charge is 0.270 e. The zero-order chi connectivity index (χ0) is 17.8. The minimum atomic E-state index is -0.123. The van der Waals surface area contributed by atoms with Crippen molar-refractivity contribution in [2.45, 2.75) is 6.92 Å². The van der Waals surface area contributed by atoms with Crippen molar-refractivity contribution in [1.29, 1.82) is 0 Å². The summed E-state index contributed by atoms with van der Waals surface area (Å²) in [7, 11) is 1.62. The zero-order valence-electron chi connectivity index (χ0n) is 13.9. The average Bonchev–Trinajstić information content (AvgIpc) is 2.90. The van der Waals surface area contributed by atoms with Crippen molar-refractivity contribution in [1.82, 2.24) is 0 Å². The fourth-order valence-electron chi connectivity index (χ4n) is 2.43. The SMILES string of the molecule is CCOc1ccc(N2C(=O)C(=Cc3cccc(OC)c3)SC2=S)cc1. The molecule has 1 saturated heterocycles. The van der Waals surface area contributed by atoms with Crippen molar-refractivity contribution in [2.75, 3.05) is 18.6 Å². The number of carbonyl (C=O) groups is 1. The lowest BCUT2D eigenvalue weighted by Crippen LogP contribution is -2.27. The Hall–Kier alpha value is -2.31. The van der Waals surface area contributed by atoms with Crippen LogP contribution in [0.5, 0.6) is 11.5 Å². The standard InChI is InChI=1S/C19H17NO3S2/c1-3-23-15-9-7-14(8-10-15)20-18(21)17(25-19(20)24)12-13-5-4-6-16(11-13)22-2/h4-12H,3H2,1-2H3. The molecule has 0 saturated carbocycles. The number of thioether (sulfide) groups is 1. The molecule has 1 aliphatic heterocycles. The van der Waals surface area contributed by atoms with Crippen molar-refractivity contribution in [3.63, 3.8) is 0 Å². The first-order valence-electron chi connectivity index (χ1n) is 7.77. The molecule has 0 unspecified atom stereocenters. The Morgan fingerprint density at radius 3 is 2.60 bits per heavy atom. The van der Waals surface area contributed by atoms with Gasteiger partial charge >= 0.3 is 0 Å². The van der Waals surface area contributed by atoms with Crippen molar-refractivity contribution >= 4 is 46.0 Å². The number of thiocarbonyl (C=S) groups is 1. The summed E-state index contributed by atoms with van der Waals surface area (Å²) in [6.45, 7) is 2.53. The molecule has 1 aliphatic rings. The normalized spacial score (nSPS) is 15.8. The van der Waals surface area contributed by atoms with E-state index in [0.29, 0.717) is 15.8 Å². The molecule has 4 nitrogen and oxygen atoms in total. The number of hydrogen-bond donors (Lipinski definition) is 0. The number of methoxy groups -OCH3 is 1. The molecule has 0 spiro atoms. The molecule has 1 fully saturated rings. The molecule has 1 heterocycles. The molecule has 128 valence electrons. The van der Waals surface area contributed by atoms with Gasteiger partial charge in [0.15, 0.2) is 4.32 Å². The number of hydrogen-bond acceptors (Lipinski definition) is 5. The highest BCUT2D eigenvalue weighted by atomic mass is 32.2. The van der Waals surface area contributed by atoms with Gasteiger partial charge in [0.05, 0.1) is 24.3 Å².